The molecule has 0 amide bonds. The van der Waals surface area contributed by atoms with E-state index in [1.54, 1.807) is 24.3 Å². The standard InChI is InChI=1S/C10H7N5O2/c16-7-3-1-2-6(4-7)9-12-10(17-14-9)8-5-11-15-13-8/h1-5,16H,(H,11,13,15). The van der Waals surface area contributed by atoms with Crippen LogP contribution in [0.3, 0.4) is 0 Å². The third kappa shape index (κ3) is 1.73. The normalized spacial score (nSPS) is 10.6. The molecule has 2 aromatic heterocycles. The zero-order valence-electron chi connectivity index (χ0n) is 8.53. The van der Waals surface area contributed by atoms with Gasteiger partial charge in [-0.25, -0.2) is 0 Å². The molecule has 84 valence electrons. The van der Waals surface area contributed by atoms with Crippen LogP contribution in [0.4, 0.5) is 0 Å². The van der Waals surface area contributed by atoms with Crippen molar-refractivity contribution in [3.8, 4) is 28.7 Å². The highest BCUT2D eigenvalue weighted by atomic mass is 16.5. The van der Waals surface area contributed by atoms with Crippen LogP contribution in [0, 0.1) is 0 Å². The van der Waals surface area contributed by atoms with Crippen molar-refractivity contribution in [2.24, 2.45) is 0 Å². The van der Waals surface area contributed by atoms with Gasteiger partial charge < -0.3 is 9.63 Å². The molecule has 0 saturated heterocycles. The fraction of sp³-hybridized carbons (Fsp3) is 0. The van der Waals surface area contributed by atoms with Gasteiger partial charge in [-0.1, -0.05) is 17.3 Å². The maximum absolute atomic E-state index is 9.35. The van der Waals surface area contributed by atoms with Gasteiger partial charge in [0, 0.05) is 5.56 Å². The lowest BCUT2D eigenvalue weighted by Crippen LogP contribution is -1.81. The Morgan fingerprint density at radius 1 is 1.29 bits per heavy atom. The maximum atomic E-state index is 9.35. The van der Waals surface area contributed by atoms with E-state index in [4.69, 9.17) is 4.52 Å². The lowest BCUT2D eigenvalue weighted by atomic mass is 10.2. The summed E-state index contributed by atoms with van der Waals surface area (Å²) in [5.74, 6) is 0.811. The second-order valence-electron chi connectivity index (χ2n) is 3.33. The van der Waals surface area contributed by atoms with Gasteiger partial charge in [0.2, 0.25) is 5.82 Å². The number of phenolic OH excluding ortho intramolecular Hbond substituents is 1. The van der Waals surface area contributed by atoms with Crippen molar-refractivity contribution in [3.05, 3.63) is 30.5 Å². The average Bonchev–Trinajstić information content (AvgIpc) is 3.00. The molecule has 7 nitrogen and oxygen atoms in total. The van der Waals surface area contributed by atoms with Crippen LogP contribution in [-0.4, -0.2) is 30.7 Å². The summed E-state index contributed by atoms with van der Waals surface area (Å²) >= 11 is 0. The number of hydrogen-bond acceptors (Lipinski definition) is 6. The van der Waals surface area contributed by atoms with Crippen LogP contribution in [0.15, 0.2) is 35.0 Å². The van der Waals surface area contributed by atoms with Crippen LogP contribution >= 0.6 is 0 Å². The molecule has 0 aliphatic heterocycles. The number of hydrogen-bond donors (Lipinski definition) is 2. The van der Waals surface area contributed by atoms with E-state index in [1.807, 2.05) is 0 Å². The first-order chi connectivity index (χ1) is 8.33. The number of aromatic nitrogens is 5. The molecule has 0 unspecified atom stereocenters. The molecule has 3 rings (SSSR count). The molecule has 17 heavy (non-hydrogen) atoms. The van der Waals surface area contributed by atoms with Crippen LogP contribution in [-0.2, 0) is 0 Å². The average molecular weight is 229 g/mol. The Morgan fingerprint density at radius 2 is 2.24 bits per heavy atom. The topological polar surface area (TPSA) is 101 Å². The summed E-state index contributed by atoms with van der Waals surface area (Å²) in [7, 11) is 0. The van der Waals surface area contributed by atoms with Crippen LogP contribution in [0.25, 0.3) is 23.0 Å². The van der Waals surface area contributed by atoms with Crippen molar-refractivity contribution >= 4 is 0 Å². The van der Waals surface area contributed by atoms with Crippen molar-refractivity contribution in [2.75, 3.05) is 0 Å². The van der Waals surface area contributed by atoms with Gasteiger partial charge in [0.1, 0.15) is 5.75 Å². The Morgan fingerprint density at radius 3 is 3.00 bits per heavy atom. The fourth-order valence-electron chi connectivity index (χ4n) is 1.39. The highest BCUT2D eigenvalue weighted by molar-refractivity contribution is 5.59. The lowest BCUT2D eigenvalue weighted by molar-refractivity contribution is 0.431. The number of nitrogens with one attached hydrogen (secondary N) is 1. The van der Waals surface area contributed by atoms with Gasteiger partial charge in [0.25, 0.3) is 5.89 Å². The number of aromatic amines is 1. The Labute approximate surface area is 95.1 Å². The van der Waals surface area contributed by atoms with E-state index in [0.717, 1.165) is 0 Å². The first-order valence-electron chi connectivity index (χ1n) is 4.82. The molecule has 0 fully saturated rings. The van der Waals surface area contributed by atoms with Crippen LogP contribution in [0.2, 0.25) is 0 Å². The van der Waals surface area contributed by atoms with Crippen molar-refractivity contribution in [3.63, 3.8) is 0 Å². The van der Waals surface area contributed by atoms with Crippen LogP contribution in [0.1, 0.15) is 0 Å². The Balaban J connectivity index is 2.01. The molecule has 2 heterocycles. The molecule has 0 radical (unpaired) electrons. The molecule has 2 N–H and O–H groups in total. The second kappa shape index (κ2) is 3.71. The van der Waals surface area contributed by atoms with Gasteiger partial charge in [-0.05, 0) is 12.1 Å². The zero-order chi connectivity index (χ0) is 11.7. The molecule has 7 heteroatoms. The number of benzene rings is 1. The predicted octanol–water partition coefficient (Wildman–Crippen LogP) is 1.23. The SMILES string of the molecule is Oc1cccc(-c2noc(-c3cn[nH]n3)n2)c1. The Bertz CT molecular complexity index is 632. The summed E-state index contributed by atoms with van der Waals surface area (Å²) in [6, 6.07) is 6.60. The lowest BCUT2D eigenvalue weighted by Gasteiger charge is -1.94. The monoisotopic (exact) mass is 229 g/mol. The molecule has 0 bridgehead atoms. The Hall–Kier alpha value is -2.70. The van der Waals surface area contributed by atoms with Gasteiger partial charge in [-0.3, -0.25) is 0 Å². The summed E-state index contributed by atoms with van der Waals surface area (Å²) in [5.41, 5.74) is 1.15. The summed E-state index contributed by atoms with van der Waals surface area (Å²) in [6.45, 7) is 0. The van der Waals surface area contributed by atoms with E-state index in [9.17, 15) is 5.11 Å². The molecule has 0 aliphatic carbocycles. The Kier molecular flexibility index (Phi) is 2.08. The minimum absolute atomic E-state index is 0.148. The molecule has 0 aliphatic rings. The van der Waals surface area contributed by atoms with Gasteiger partial charge in [-0.15, -0.1) is 0 Å². The van der Waals surface area contributed by atoms with E-state index >= 15 is 0 Å². The summed E-state index contributed by atoms with van der Waals surface area (Å²) < 4.78 is 5.04. The fourth-order valence-corrected chi connectivity index (χ4v) is 1.39. The summed E-state index contributed by atoms with van der Waals surface area (Å²) in [6.07, 6.45) is 1.49. The van der Waals surface area contributed by atoms with Crippen molar-refractivity contribution in [2.45, 2.75) is 0 Å². The van der Waals surface area contributed by atoms with Gasteiger partial charge in [-0.2, -0.15) is 20.4 Å². The van der Waals surface area contributed by atoms with E-state index in [-0.39, 0.29) is 11.6 Å². The van der Waals surface area contributed by atoms with Crippen molar-refractivity contribution in [1.82, 2.24) is 25.6 Å². The zero-order valence-corrected chi connectivity index (χ0v) is 8.53. The third-order valence-corrected chi connectivity index (χ3v) is 2.16. The third-order valence-electron chi connectivity index (χ3n) is 2.16. The summed E-state index contributed by atoms with van der Waals surface area (Å²) in [5, 5.41) is 23.1. The molecule has 0 spiro atoms. The second-order valence-corrected chi connectivity index (χ2v) is 3.33. The van der Waals surface area contributed by atoms with Crippen LogP contribution in [0.5, 0.6) is 5.75 Å². The highest BCUT2D eigenvalue weighted by Gasteiger charge is 2.12. The quantitative estimate of drug-likeness (QED) is 0.685. The minimum atomic E-state index is 0.148. The van der Waals surface area contributed by atoms with Gasteiger partial charge in [0.15, 0.2) is 5.69 Å². The van der Waals surface area contributed by atoms with E-state index in [2.05, 4.69) is 25.6 Å². The summed E-state index contributed by atoms with van der Waals surface area (Å²) in [4.78, 5) is 4.15. The first kappa shape index (κ1) is 9.52. The number of H-pyrrole nitrogens is 1. The first-order valence-corrected chi connectivity index (χ1v) is 4.82. The van der Waals surface area contributed by atoms with E-state index in [0.29, 0.717) is 17.1 Å². The largest absolute Gasteiger partial charge is 0.508 e. The molecule has 0 saturated carbocycles. The highest BCUT2D eigenvalue weighted by Crippen LogP contribution is 2.22. The van der Waals surface area contributed by atoms with Gasteiger partial charge >= 0.3 is 0 Å². The van der Waals surface area contributed by atoms with Crippen LogP contribution < -0.4 is 0 Å². The molecule has 3 aromatic rings. The molecular weight excluding hydrogens is 222 g/mol. The number of aromatic hydroxyl groups is 1. The van der Waals surface area contributed by atoms with Gasteiger partial charge in [0.05, 0.1) is 6.20 Å². The predicted molar refractivity (Wildman–Crippen MR) is 56.8 cm³/mol. The number of phenols is 1. The number of rotatable bonds is 2. The van der Waals surface area contributed by atoms with E-state index in [1.165, 1.54) is 6.20 Å². The minimum Gasteiger partial charge on any atom is -0.508 e. The molecular formula is C10H7N5O2. The maximum Gasteiger partial charge on any atom is 0.280 e. The van der Waals surface area contributed by atoms with Crippen molar-refractivity contribution in [1.29, 1.82) is 0 Å². The smallest absolute Gasteiger partial charge is 0.280 e. The molecule has 0 atom stereocenters. The van der Waals surface area contributed by atoms with Crippen molar-refractivity contribution < 1.29 is 9.63 Å². The molecule has 1 aromatic carbocycles. The number of nitrogens with zero attached hydrogens (tertiary/aromatic N) is 4. The van der Waals surface area contributed by atoms with E-state index < -0.39 is 0 Å².